The lowest BCUT2D eigenvalue weighted by Crippen LogP contribution is -2.30. The highest BCUT2D eigenvalue weighted by Gasteiger charge is 2.16. The molecule has 8 nitrogen and oxygen atoms in total. The summed E-state index contributed by atoms with van der Waals surface area (Å²) in [7, 11) is 0. The third-order valence-corrected chi connectivity index (χ3v) is 3.02. The predicted molar refractivity (Wildman–Crippen MR) is 76.7 cm³/mol. The maximum absolute atomic E-state index is 12.0. The van der Waals surface area contributed by atoms with Gasteiger partial charge in [-0.05, 0) is 18.2 Å². The van der Waals surface area contributed by atoms with E-state index < -0.39 is 23.1 Å². The lowest BCUT2D eigenvalue weighted by atomic mass is 10.1. The van der Waals surface area contributed by atoms with Crippen molar-refractivity contribution in [2.24, 2.45) is 0 Å². The Morgan fingerprint density at radius 1 is 1.19 bits per heavy atom. The van der Waals surface area contributed by atoms with Gasteiger partial charge in [0.25, 0.3) is 11.5 Å². The number of halogens is 1. The van der Waals surface area contributed by atoms with Crippen molar-refractivity contribution >= 4 is 33.5 Å². The fourth-order valence-electron chi connectivity index (χ4n) is 1.57. The number of aromatic amines is 2. The number of rotatable bonds is 3. The zero-order chi connectivity index (χ0) is 15.6. The maximum Gasteiger partial charge on any atom is 0.337 e. The normalized spacial score (nSPS) is 10.1. The predicted octanol–water partition coefficient (Wildman–Crippen LogP) is 0.776. The highest BCUT2D eigenvalue weighted by atomic mass is 79.9. The number of carbonyl (C=O) groups is 2. The van der Waals surface area contributed by atoms with Crippen LogP contribution in [0.15, 0.2) is 38.5 Å². The highest BCUT2D eigenvalue weighted by Crippen LogP contribution is 2.21. The number of H-pyrrole nitrogens is 2. The lowest BCUT2D eigenvalue weighted by Gasteiger charge is -2.08. The monoisotopic (exact) mass is 353 g/mol. The minimum Gasteiger partial charge on any atom is -0.478 e. The molecule has 2 rings (SSSR count). The summed E-state index contributed by atoms with van der Waals surface area (Å²) in [6.07, 6.45) is 0.953. The van der Waals surface area contributed by atoms with Gasteiger partial charge in [0.2, 0.25) is 0 Å². The summed E-state index contributed by atoms with van der Waals surface area (Å²) in [6, 6.07) is 4.20. The Hall–Kier alpha value is -2.68. The molecule has 0 fully saturated rings. The summed E-state index contributed by atoms with van der Waals surface area (Å²) in [4.78, 5) is 49.5. The van der Waals surface area contributed by atoms with Gasteiger partial charge in [0, 0.05) is 10.7 Å². The summed E-state index contributed by atoms with van der Waals surface area (Å²) in [5.41, 5.74) is -2.07. The molecule has 0 atom stereocenters. The molecule has 0 unspecified atom stereocenters. The van der Waals surface area contributed by atoms with Crippen LogP contribution in [0.3, 0.4) is 0 Å². The molecular weight excluding hydrogens is 346 g/mol. The zero-order valence-electron chi connectivity index (χ0n) is 10.3. The largest absolute Gasteiger partial charge is 0.478 e. The van der Waals surface area contributed by atoms with Gasteiger partial charge in [0.05, 0.1) is 11.3 Å². The van der Waals surface area contributed by atoms with Crippen molar-refractivity contribution in [2.75, 3.05) is 5.32 Å². The molecule has 0 radical (unpaired) electrons. The molecule has 1 amide bonds. The van der Waals surface area contributed by atoms with Gasteiger partial charge in [-0.25, -0.2) is 9.59 Å². The number of aromatic nitrogens is 2. The molecule has 0 spiro atoms. The van der Waals surface area contributed by atoms with E-state index in [1.165, 1.54) is 18.2 Å². The van der Waals surface area contributed by atoms with Crippen LogP contribution in [0, 0.1) is 0 Å². The summed E-state index contributed by atoms with van der Waals surface area (Å²) in [5.74, 6) is -2.07. The van der Waals surface area contributed by atoms with E-state index in [0.717, 1.165) is 6.20 Å². The second-order valence-electron chi connectivity index (χ2n) is 3.93. The number of benzene rings is 1. The fourth-order valence-corrected chi connectivity index (χ4v) is 1.94. The van der Waals surface area contributed by atoms with Gasteiger partial charge in [-0.15, -0.1) is 0 Å². The van der Waals surface area contributed by atoms with Crippen molar-refractivity contribution in [3.05, 3.63) is 60.8 Å². The second-order valence-corrected chi connectivity index (χ2v) is 4.85. The molecule has 21 heavy (non-hydrogen) atoms. The van der Waals surface area contributed by atoms with Gasteiger partial charge in [-0.3, -0.25) is 14.6 Å². The van der Waals surface area contributed by atoms with Crippen LogP contribution < -0.4 is 16.6 Å². The number of carboxylic acids is 1. The van der Waals surface area contributed by atoms with E-state index in [9.17, 15) is 19.2 Å². The Balaban J connectivity index is 2.40. The Morgan fingerprint density at radius 3 is 2.52 bits per heavy atom. The first-order valence-corrected chi connectivity index (χ1v) is 6.34. The van der Waals surface area contributed by atoms with Gasteiger partial charge < -0.3 is 15.4 Å². The minimum absolute atomic E-state index is 0.0208. The number of anilines is 1. The molecule has 1 aromatic heterocycles. The molecule has 0 aliphatic rings. The summed E-state index contributed by atoms with van der Waals surface area (Å²) in [6.45, 7) is 0. The third-order valence-electron chi connectivity index (χ3n) is 2.52. The number of hydrogen-bond donors (Lipinski definition) is 4. The summed E-state index contributed by atoms with van der Waals surface area (Å²) >= 11 is 3.16. The molecule has 2 aromatic rings. The molecule has 1 heterocycles. The van der Waals surface area contributed by atoms with Gasteiger partial charge >= 0.3 is 11.7 Å². The third kappa shape index (κ3) is 3.26. The summed E-state index contributed by atoms with van der Waals surface area (Å²) in [5, 5.41) is 11.4. The van der Waals surface area contributed by atoms with Crippen LogP contribution in [0.1, 0.15) is 20.7 Å². The van der Waals surface area contributed by atoms with E-state index in [4.69, 9.17) is 5.11 Å². The van der Waals surface area contributed by atoms with Crippen molar-refractivity contribution in [3.8, 4) is 0 Å². The zero-order valence-corrected chi connectivity index (χ0v) is 11.9. The topological polar surface area (TPSA) is 132 Å². The van der Waals surface area contributed by atoms with E-state index in [2.05, 4.69) is 26.2 Å². The number of carbonyl (C=O) groups excluding carboxylic acids is 1. The van der Waals surface area contributed by atoms with E-state index in [1.54, 1.807) is 0 Å². The van der Waals surface area contributed by atoms with E-state index in [1.807, 2.05) is 4.98 Å². The Bertz CT molecular complexity index is 839. The first kappa shape index (κ1) is 14.7. The first-order chi connectivity index (χ1) is 9.88. The highest BCUT2D eigenvalue weighted by molar-refractivity contribution is 9.10. The van der Waals surface area contributed by atoms with Gasteiger partial charge in [-0.2, -0.15) is 0 Å². The second kappa shape index (κ2) is 5.75. The number of aromatic carboxylic acids is 1. The van der Waals surface area contributed by atoms with Crippen molar-refractivity contribution in [1.82, 2.24) is 9.97 Å². The Labute approximate surface area is 125 Å². The average Bonchev–Trinajstić information content (AvgIpc) is 2.37. The SMILES string of the molecule is O=C(O)c1ccc(Br)cc1NC(=O)c1c[nH]c(=O)[nH]c1=O. The smallest absolute Gasteiger partial charge is 0.337 e. The van der Waals surface area contributed by atoms with E-state index >= 15 is 0 Å². The van der Waals surface area contributed by atoms with Crippen molar-refractivity contribution in [1.29, 1.82) is 0 Å². The molecule has 0 bridgehead atoms. The molecular formula is C12H8BrN3O5. The summed E-state index contributed by atoms with van der Waals surface area (Å²) < 4.78 is 0.554. The van der Waals surface area contributed by atoms with E-state index in [-0.39, 0.29) is 16.8 Å². The lowest BCUT2D eigenvalue weighted by molar-refractivity contribution is 0.0698. The Kier molecular flexibility index (Phi) is 4.03. The van der Waals surface area contributed by atoms with Crippen LogP contribution in [-0.4, -0.2) is 27.0 Å². The van der Waals surface area contributed by atoms with Crippen LogP contribution in [0.25, 0.3) is 0 Å². The van der Waals surface area contributed by atoms with Gasteiger partial charge in [-0.1, -0.05) is 15.9 Å². The van der Waals surface area contributed by atoms with Gasteiger partial charge in [0.15, 0.2) is 0 Å². The number of amides is 1. The number of carboxylic acid groups (broad SMARTS) is 1. The van der Waals surface area contributed by atoms with Crippen molar-refractivity contribution in [2.45, 2.75) is 0 Å². The Morgan fingerprint density at radius 2 is 1.90 bits per heavy atom. The van der Waals surface area contributed by atoms with Crippen molar-refractivity contribution in [3.63, 3.8) is 0 Å². The molecule has 9 heteroatoms. The maximum atomic E-state index is 12.0. The van der Waals surface area contributed by atoms with Gasteiger partial charge in [0.1, 0.15) is 5.56 Å². The molecule has 0 aliphatic carbocycles. The number of hydrogen-bond acceptors (Lipinski definition) is 4. The first-order valence-electron chi connectivity index (χ1n) is 5.54. The van der Waals surface area contributed by atoms with Crippen LogP contribution in [0.5, 0.6) is 0 Å². The number of nitrogens with one attached hydrogen (secondary N) is 3. The molecule has 108 valence electrons. The van der Waals surface area contributed by atoms with Crippen LogP contribution in [0.2, 0.25) is 0 Å². The fraction of sp³-hybridized carbons (Fsp3) is 0. The molecule has 0 saturated heterocycles. The standard InChI is InChI=1S/C12H8BrN3O5/c13-5-1-2-6(11(19)20)8(3-5)15-9(17)7-4-14-12(21)16-10(7)18/h1-4H,(H,15,17)(H,19,20)(H2,14,16,18,21). The molecule has 4 N–H and O–H groups in total. The quantitative estimate of drug-likeness (QED) is 0.647. The molecule has 1 aromatic carbocycles. The average molecular weight is 354 g/mol. The molecule has 0 saturated carbocycles. The van der Waals surface area contributed by atoms with Crippen LogP contribution in [0.4, 0.5) is 5.69 Å². The minimum atomic E-state index is -1.23. The van der Waals surface area contributed by atoms with Crippen LogP contribution in [-0.2, 0) is 0 Å². The van der Waals surface area contributed by atoms with Crippen molar-refractivity contribution < 1.29 is 14.7 Å². The van der Waals surface area contributed by atoms with E-state index in [0.29, 0.717) is 4.47 Å². The molecule has 0 aliphatic heterocycles. The van der Waals surface area contributed by atoms with Crippen LogP contribution >= 0.6 is 15.9 Å².